The maximum absolute atomic E-state index is 8.76. The summed E-state index contributed by atoms with van der Waals surface area (Å²) in [5.41, 5.74) is 0. The Labute approximate surface area is 95.9 Å². The number of nitrogens with zero attached hydrogens (tertiary/aromatic N) is 3. The third-order valence-corrected chi connectivity index (χ3v) is 3.16. The second-order valence-electron chi connectivity index (χ2n) is 4.32. The summed E-state index contributed by atoms with van der Waals surface area (Å²) in [5.74, 6) is 1.07. The van der Waals surface area contributed by atoms with Crippen LogP contribution in [-0.4, -0.2) is 39.6 Å². The standard InChI is InChI=1S/C11H20N4O/c16-8-2-1-3-11-14-13-9-15(11)10-4-6-12-7-5-10/h9-10,12,16H,1-8H2. The van der Waals surface area contributed by atoms with Crippen molar-refractivity contribution in [3.63, 3.8) is 0 Å². The van der Waals surface area contributed by atoms with Gasteiger partial charge in [-0.15, -0.1) is 10.2 Å². The fourth-order valence-electron chi connectivity index (χ4n) is 2.23. The lowest BCUT2D eigenvalue weighted by Crippen LogP contribution is -2.29. The molecule has 90 valence electrons. The Hall–Kier alpha value is -0.940. The lowest BCUT2D eigenvalue weighted by atomic mass is 10.1. The molecule has 1 aliphatic heterocycles. The number of nitrogens with one attached hydrogen (secondary N) is 1. The number of aryl methyl sites for hydroxylation is 1. The van der Waals surface area contributed by atoms with Gasteiger partial charge in [-0.2, -0.15) is 0 Å². The van der Waals surface area contributed by atoms with E-state index in [4.69, 9.17) is 5.11 Å². The van der Waals surface area contributed by atoms with Gasteiger partial charge in [-0.25, -0.2) is 0 Å². The molecule has 0 aromatic carbocycles. The number of hydrogen-bond donors (Lipinski definition) is 2. The van der Waals surface area contributed by atoms with Crippen LogP contribution < -0.4 is 5.32 Å². The van der Waals surface area contributed by atoms with Gasteiger partial charge in [0.2, 0.25) is 0 Å². The van der Waals surface area contributed by atoms with Crippen molar-refractivity contribution >= 4 is 0 Å². The first-order valence-electron chi connectivity index (χ1n) is 6.12. The molecule has 1 fully saturated rings. The van der Waals surface area contributed by atoms with Crippen molar-refractivity contribution in [2.24, 2.45) is 0 Å². The summed E-state index contributed by atoms with van der Waals surface area (Å²) in [7, 11) is 0. The SMILES string of the molecule is OCCCCc1nncn1C1CCNCC1. The van der Waals surface area contributed by atoms with Crippen molar-refractivity contribution in [3.8, 4) is 0 Å². The van der Waals surface area contributed by atoms with Gasteiger partial charge < -0.3 is 15.0 Å². The van der Waals surface area contributed by atoms with Crippen LogP contribution in [0.1, 0.15) is 37.5 Å². The van der Waals surface area contributed by atoms with E-state index in [1.807, 2.05) is 6.33 Å². The fourth-order valence-corrected chi connectivity index (χ4v) is 2.23. The normalized spacial score (nSPS) is 17.8. The van der Waals surface area contributed by atoms with Gasteiger partial charge in [-0.3, -0.25) is 0 Å². The highest BCUT2D eigenvalue weighted by molar-refractivity contribution is 4.91. The Morgan fingerprint density at radius 2 is 2.19 bits per heavy atom. The first-order valence-corrected chi connectivity index (χ1v) is 6.12. The van der Waals surface area contributed by atoms with Crippen LogP contribution in [0.2, 0.25) is 0 Å². The molecule has 0 radical (unpaired) electrons. The molecule has 1 aromatic rings. The largest absolute Gasteiger partial charge is 0.396 e. The number of aromatic nitrogens is 3. The van der Waals surface area contributed by atoms with Crippen LogP contribution in [0.4, 0.5) is 0 Å². The number of aliphatic hydroxyl groups is 1. The average Bonchev–Trinajstić information content (AvgIpc) is 2.79. The van der Waals surface area contributed by atoms with Gasteiger partial charge in [0.25, 0.3) is 0 Å². The third-order valence-electron chi connectivity index (χ3n) is 3.16. The quantitative estimate of drug-likeness (QED) is 0.716. The molecule has 5 nitrogen and oxygen atoms in total. The Morgan fingerprint density at radius 3 is 2.94 bits per heavy atom. The summed E-state index contributed by atoms with van der Waals surface area (Å²) in [6, 6.07) is 0.556. The summed E-state index contributed by atoms with van der Waals surface area (Å²) in [6.45, 7) is 2.43. The Balaban J connectivity index is 1.94. The molecule has 0 aliphatic carbocycles. The Morgan fingerprint density at radius 1 is 1.38 bits per heavy atom. The van der Waals surface area contributed by atoms with Gasteiger partial charge in [-0.05, 0) is 38.8 Å². The van der Waals surface area contributed by atoms with Crippen molar-refractivity contribution in [1.82, 2.24) is 20.1 Å². The van der Waals surface area contributed by atoms with Gasteiger partial charge >= 0.3 is 0 Å². The predicted molar refractivity (Wildman–Crippen MR) is 61.2 cm³/mol. The Bertz CT molecular complexity index is 307. The van der Waals surface area contributed by atoms with E-state index in [9.17, 15) is 0 Å². The van der Waals surface area contributed by atoms with Crippen LogP contribution in [0, 0.1) is 0 Å². The van der Waals surface area contributed by atoms with Crippen molar-refractivity contribution in [3.05, 3.63) is 12.2 Å². The van der Waals surface area contributed by atoms with Crippen LogP contribution in [0.25, 0.3) is 0 Å². The zero-order valence-corrected chi connectivity index (χ0v) is 9.60. The lowest BCUT2D eigenvalue weighted by molar-refractivity contribution is 0.283. The molecule has 2 heterocycles. The number of hydrogen-bond acceptors (Lipinski definition) is 4. The number of unbranched alkanes of at least 4 members (excludes halogenated alkanes) is 1. The Kier molecular flexibility index (Phi) is 4.30. The molecule has 16 heavy (non-hydrogen) atoms. The maximum atomic E-state index is 8.76. The van der Waals surface area contributed by atoms with Gasteiger partial charge in [0.1, 0.15) is 12.2 Å². The van der Waals surface area contributed by atoms with E-state index in [0.29, 0.717) is 6.04 Å². The van der Waals surface area contributed by atoms with Crippen molar-refractivity contribution in [2.75, 3.05) is 19.7 Å². The van der Waals surface area contributed by atoms with Gasteiger partial charge in [-0.1, -0.05) is 0 Å². The van der Waals surface area contributed by atoms with Crippen molar-refractivity contribution < 1.29 is 5.11 Å². The van der Waals surface area contributed by atoms with E-state index in [1.54, 1.807) is 0 Å². The van der Waals surface area contributed by atoms with E-state index in [1.165, 1.54) is 0 Å². The number of aliphatic hydroxyl groups excluding tert-OH is 1. The molecule has 2 rings (SSSR count). The van der Waals surface area contributed by atoms with E-state index in [-0.39, 0.29) is 6.61 Å². The van der Waals surface area contributed by atoms with E-state index < -0.39 is 0 Å². The lowest BCUT2D eigenvalue weighted by Gasteiger charge is -2.24. The zero-order chi connectivity index (χ0) is 11.2. The van der Waals surface area contributed by atoms with Gasteiger partial charge in [0, 0.05) is 19.1 Å². The number of rotatable bonds is 5. The molecular weight excluding hydrogens is 204 g/mol. The first-order chi connectivity index (χ1) is 7.92. The molecule has 0 saturated carbocycles. The highest BCUT2D eigenvalue weighted by Gasteiger charge is 2.17. The third kappa shape index (κ3) is 2.80. The molecule has 0 unspecified atom stereocenters. The topological polar surface area (TPSA) is 63.0 Å². The van der Waals surface area contributed by atoms with Gasteiger partial charge in [0.15, 0.2) is 0 Å². The molecule has 0 bridgehead atoms. The van der Waals surface area contributed by atoms with Crippen LogP contribution in [0.3, 0.4) is 0 Å². The summed E-state index contributed by atoms with van der Waals surface area (Å²) in [4.78, 5) is 0. The highest BCUT2D eigenvalue weighted by Crippen LogP contribution is 2.20. The van der Waals surface area contributed by atoms with Crippen LogP contribution in [0.5, 0.6) is 0 Å². The molecular formula is C11H20N4O. The van der Waals surface area contributed by atoms with Crippen LogP contribution in [0.15, 0.2) is 6.33 Å². The van der Waals surface area contributed by atoms with Crippen molar-refractivity contribution in [2.45, 2.75) is 38.1 Å². The van der Waals surface area contributed by atoms with Crippen LogP contribution >= 0.6 is 0 Å². The molecule has 5 heteroatoms. The van der Waals surface area contributed by atoms with Gasteiger partial charge in [0.05, 0.1) is 0 Å². The minimum atomic E-state index is 0.265. The molecule has 2 N–H and O–H groups in total. The summed E-state index contributed by atoms with van der Waals surface area (Å²) < 4.78 is 2.22. The zero-order valence-electron chi connectivity index (χ0n) is 9.60. The fraction of sp³-hybridized carbons (Fsp3) is 0.818. The second-order valence-corrected chi connectivity index (χ2v) is 4.32. The summed E-state index contributed by atoms with van der Waals surface area (Å²) in [5, 5.41) is 20.3. The molecule has 0 spiro atoms. The monoisotopic (exact) mass is 224 g/mol. The first kappa shape index (κ1) is 11.5. The van der Waals surface area contributed by atoms with E-state index >= 15 is 0 Å². The van der Waals surface area contributed by atoms with E-state index in [0.717, 1.165) is 51.0 Å². The minimum Gasteiger partial charge on any atom is -0.396 e. The molecule has 1 saturated heterocycles. The molecule has 1 aromatic heterocycles. The molecule has 0 atom stereocenters. The van der Waals surface area contributed by atoms with E-state index in [2.05, 4.69) is 20.1 Å². The summed E-state index contributed by atoms with van der Waals surface area (Å²) >= 11 is 0. The van der Waals surface area contributed by atoms with Crippen LogP contribution in [-0.2, 0) is 6.42 Å². The maximum Gasteiger partial charge on any atom is 0.133 e. The number of piperidine rings is 1. The van der Waals surface area contributed by atoms with Crippen molar-refractivity contribution in [1.29, 1.82) is 0 Å². The highest BCUT2D eigenvalue weighted by atomic mass is 16.2. The summed E-state index contributed by atoms with van der Waals surface area (Å²) in [6.07, 6.45) is 6.92. The molecule has 0 amide bonds. The molecule has 1 aliphatic rings. The average molecular weight is 224 g/mol. The smallest absolute Gasteiger partial charge is 0.133 e. The predicted octanol–water partition coefficient (Wildman–Crippen LogP) is 0.518. The second kappa shape index (κ2) is 5.96. The minimum absolute atomic E-state index is 0.265.